The normalized spacial score (nSPS) is 22.6. The zero-order chi connectivity index (χ0) is 12.1. The first-order valence-corrected chi connectivity index (χ1v) is 5.47. The summed E-state index contributed by atoms with van der Waals surface area (Å²) in [5.74, 6) is -1.22. The lowest BCUT2D eigenvalue weighted by atomic mass is 10.0. The molecule has 0 spiro atoms. The Bertz CT molecular complexity index is 270. The predicted octanol–water partition coefficient (Wildman–Crippen LogP) is 0.0159. The van der Waals surface area contributed by atoms with Crippen LogP contribution in [0.4, 0.5) is 4.79 Å². The van der Waals surface area contributed by atoms with Crippen LogP contribution >= 0.6 is 0 Å². The largest absolute Gasteiger partial charge is 0.480 e. The van der Waals surface area contributed by atoms with E-state index in [1.807, 2.05) is 6.92 Å². The van der Waals surface area contributed by atoms with Gasteiger partial charge >= 0.3 is 12.0 Å². The summed E-state index contributed by atoms with van der Waals surface area (Å²) >= 11 is 0. The number of nitrogens with one attached hydrogen (secondary N) is 1. The molecule has 1 unspecified atom stereocenters. The van der Waals surface area contributed by atoms with Gasteiger partial charge in [-0.15, -0.1) is 0 Å². The molecule has 0 aliphatic carbocycles. The van der Waals surface area contributed by atoms with Crippen LogP contribution in [-0.4, -0.2) is 52.3 Å². The van der Waals surface area contributed by atoms with Crippen molar-refractivity contribution in [1.82, 2.24) is 10.2 Å². The Morgan fingerprint density at radius 2 is 2.19 bits per heavy atom. The van der Waals surface area contributed by atoms with E-state index in [9.17, 15) is 9.59 Å². The number of urea groups is 1. The Balaban J connectivity index is 2.52. The minimum atomic E-state index is -1.22. The Hall–Kier alpha value is -1.30. The van der Waals surface area contributed by atoms with E-state index in [0.717, 1.165) is 19.3 Å². The number of amides is 2. The van der Waals surface area contributed by atoms with Crippen molar-refractivity contribution >= 4 is 12.0 Å². The van der Waals surface area contributed by atoms with Gasteiger partial charge in [-0.05, 0) is 26.2 Å². The third-order valence-electron chi connectivity index (χ3n) is 2.84. The lowest BCUT2D eigenvalue weighted by molar-refractivity contribution is -0.140. The summed E-state index contributed by atoms with van der Waals surface area (Å²) in [5, 5.41) is 19.8. The van der Waals surface area contributed by atoms with Crippen LogP contribution in [0.25, 0.3) is 0 Å². The molecule has 1 aliphatic heterocycles. The fourth-order valence-corrected chi connectivity index (χ4v) is 1.82. The van der Waals surface area contributed by atoms with Crippen LogP contribution in [0.1, 0.15) is 26.2 Å². The number of carboxylic acids is 1. The number of aliphatic hydroxyl groups excluding tert-OH is 1. The lowest BCUT2D eigenvalue weighted by Crippen LogP contribution is -2.53. The number of hydrogen-bond donors (Lipinski definition) is 3. The maximum Gasteiger partial charge on any atom is 0.328 e. The minimum Gasteiger partial charge on any atom is -0.480 e. The topological polar surface area (TPSA) is 89.9 Å². The molecule has 0 aromatic rings. The average molecular weight is 230 g/mol. The maximum atomic E-state index is 11.7. The fourth-order valence-electron chi connectivity index (χ4n) is 1.82. The molecule has 2 atom stereocenters. The average Bonchev–Trinajstić information content (AvgIpc) is 2.25. The highest BCUT2D eigenvalue weighted by Gasteiger charge is 2.26. The first-order chi connectivity index (χ1) is 7.56. The van der Waals surface area contributed by atoms with E-state index in [4.69, 9.17) is 10.2 Å². The molecular formula is C10H18N2O4. The second-order valence-corrected chi connectivity index (χ2v) is 4.06. The molecule has 16 heavy (non-hydrogen) atoms. The van der Waals surface area contributed by atoms with Crippen molar-refractivity contribution in [2.75, 3.05) is 13.2 Å². The van der Waals surface area contributed by atoms with Gasteiger partial charge in [0.2, 0.25) is 0 Å². The molecule has 1 aliphatic rings. The number of piperidine rings is 1. The van der Waals surface area contributed by atoms with Crippen LogP contribution in [0.2, 0.25) is 0 Å². The highest BCUT2D eigenvalue weighted by molar-refractivity contribution is 5.82. The molecule has 92 valence electrons. The summed E-state index contributed by atoms with van der Waals surface area (Å²) in [6.45, 7) is 1.99. The molecule has 0 aromatic heterocycles. The minimum absolute atomic E-state index is 0.127. The van der Waals surface area contributed by atoms with E-state index in [2.05, 4.69) is 5.32 Å². The van der Waals surface area contributed by atoms with Gasteiger partial charge in [0.1, 0.15) is 0 Å². The monoisotopic (exact) mass is 230 g/mol. The molecule has 1 heterocycles. The standard InChI is InChI=1S/C10H18N2O4/c1-7-4-2-3-5-12(7)10(16)11-8(6-13)9(14)15/h7-8,13H,2-6H2,1H3,(H,11,16)(H,14,15)/t7?,8-/m0/s1. The number of aliphatic hydroxyl groups is 1. The van der Waals surface area contributed by atoms with Crippen LogP contribution < -0.4 is 5.32 Å². The second kappa shape index (κ2) is 5.69. The molecule has 6 heteroatoms. The molecule has 0 aromatic carbocycles. The molecule has 0 saturated carbocycles. The molecular weight excluding hydrogens is 212 g/mol. The molecule has 3 N–H and O–H groups in total. The van der Waals surface area contributed by atoms with Gasteiger partial charge in [-0.25, -0.2) is 9.59 Å². The smallest absolute Gasteiger partial charge is 0.328 e. The van der Waals surface area contributed by atoms with Gasteiger partial charge in [0, 0.05) is 12.6 Å². The Kier molecular flexibility index (Phi) is 4.54. The van der Waals surface area contributed by atoms with Gasteiger partial charge < -0.3 is 20.4 Å². The second-order valence-electron chi connectivity index (χ2n) is 4.06. The van der Waals surface area contributed by atoms with Crippen molar-refractivity contribution in [3.8, 4) is 0 Å². The zero-order valence-electron chi connectivity index (χ0n) is 9.35. The summed E-state index contributed by atoms with van der Waals surface area (Å²) in [6.07, 6.45) is 2.96. The Labute approximate surface area is 94.2 Å². The van der Waals surface area contributed by atoms with Crippen LogP contribution in [0.5, 0.6) is 0 Å². The van der Waals surface area contributed by atoms with Gasteiger partial charge in [-0.2, -0.15) is 0 Å². The molecule has 1 fully saturated rings. The third-order valence-corrected chi connectivity index (χ3v) is 2.84. The quantitative estimate of drug-likeness (QED) is 0.637. The predicted molar refractivity (Wildman–Crippen MR) is 57.1 cm³/mol. The maximum absolute atomic E-state index is 11.7. The first-order valence-electron chi connectivity index (χ1n) is 5.47. The number of carboxylic acid groups (broad SMARTS) is 1. The molecule has 0 bridgehead atoms. The molecule has 6 nitrogen and oxygen atoms in total. The summed E-state index contributed by atoms with van der Waals surface area (Å²) < 4.78 is 0. The summed E-state index contributed by atoms with van der Waals surface area (Å²) in [4.78, 5) is 24.0. The third kappa shape index (κ3) is 3.10. The summed E-state index contributed by atoms with van der Waals surface area (Å²) in [6, 6.07) is -1.50. The fraction of sp³-hybridized carbons (Fsp3) is 0.800. The van der Waals surface area contributed by atoms with E-state index < -0.39 is 24.6 Å². The highest BCUT2D eigenvalue weighted by atomic mass is 16.4. The van der Waals surface area contributed by atoms with E-state index in [1.54, 1.807) is 4.90 Å². The number of nitrogens with zero attached hydrogens (tertiary/aromatic N) is 1. The van der Waals surface area contributed by atoms with Crippen LogP contribution in [0.15, 0.2) is 0 Å². The molecule has 0 radical (unpaired) electrons. The van der Waals surface area contributed by atoms with Gasteiger partial charge in [0.15, 0.2) is 6.04 Å². The number of hydrogen-bond acceptors (Lipinski definition) is 3. The van der Waals surface area contributed by atoms with Crippen molar-refractivity contribution in [3.63, 3.8) is 0 Å². The van der Waals surface area contributed by atoms with E-state index in [0.29, 0.717) is 6.54 Å². The summed E-state index contributed by atoms with van der Waals surface area (Å²) in [5.41, 5.74) is 0. The summed E-state index contributed by atoms with van der Waals surface area (Å²) in [7, 11) is 0. The number of rotatable bonds is 3. The van der Waals surface area contributed by atoms with Gasteiger partial charge in [-0.3, -0.25) is 0 Å². The van der Waals surface area contributed by atoms with Crippen molar-refractivity contribution < 1.29 is 19.8 Å². The SMILES string of the molecule is CC1CCCCN1C(=O)N[C@@H](CO)C(=O)O. The van der Waals surface area contributed by atoms with Crippen LogP contribution in [0, 0.1) is 0 Å². The first kappa shape index (κ1) is 12.8. The van der Waals surface area contributed by atoms with E-state index >= 15 is 0 Å². The molecule has 1 saturated heterocycles. The van der Waals surface area contributed by atoms with E-state index in [-0.39, 0.29) is 6.04 Å². The highest BCUT2D eigenvalue weighted by Crippen LogP contribution is 2.16. The zero-order valence-corrected chi connectivity index (χ0v) is 9.35. The molecule has 1 rings (SSSR count). The lowest BCUT2D eigenvalue weighted by Gasteiger charge is -2.34. The van der Waals surface area contributed by atoms with Crippen LogP contribution in [0.3, 0.4) is 0 Å². The van der Waals surface area contributed by atoms with Gasteiger partial charge in [-0.1, -0.05) is 0 Å². The molecule has 2 amide bonds. The van der Waals surface area contributed by atoms with E-state index in [1.165, 1.54) is 0 Å². The van der Waals surface area contributed by atoms with Gasteiger partial charge in [0.25, 0.3) is 0 Å². The number of carbonyl (C=O) groups excluding carboxylic acids is 1. The Morgan fingerprint density at radius 1 is 1.50 bits per heavy atom. The van der Waals surface area contributed by atoms with Crippen molar-refractivity contribution in [3.05, 3.63) is 0 Å². The van der Waals surface area contributed by atoms with Crippen molar-refractivity contribution in [2.45, 2.75) is 38.3 Å². The van der Waals surface area contributed by atoms with Crippen LogP contribution in [-0.2, 0) is 4.79 Å². The Morgan fingerprint density at radius 3 is 2.69 bits per heavy atom. The van der Waals surface area contributed by atoms with Gasteiger partial charge in [0.05, 0.1) is 6.61 Å². The number of likely N-dealkylation sites (tertiary alicyclic amines) is 1. The van der Waals surface area contributed by atoms with Crippen molar-refractivity contribution in [1.29, 1.82) is 0 Å². The van der Waals surface area contributed by atoms with Crippen molar-refractivity contribution in [2.24, 2.45) is 0 Å². The number of aliphatic carboxylic acids is 1. The number of carbonyl (C=O) groups is 2.